The second-order valence-electron chi connectivity index (χ2n) is 10.8. The smallest absolute Gasteiger partial charge is 0.412 e. The summed E-state index contributed by atoms with van der Waals surface area (Å²) in [7, 11) is 1.40. The van der Waals surface area contributed by atoms with Crippen LogP contribution in [0.25, 0.3) is 0 Å². The summed E-state index contributed by atoms with van der Waals surface area (Å²) < 4.78 is 11.3. The molecule has 2 atom stereocenters. The molecule has 13 heteroatoms. The minimum absolute atomic E-state index is 0.0669. The summed E-state index contributed by atoms with van der Waals surface area (Å²) in [6.45, 7) is 0.364. The third-order valence-electron chi connectivity index (χ3n) is 7.93. The second-order valence-corrected chi connectivity index (χ2v) is 11.3. The van der Waals surface area contributed by atoms with Crippen LogP contribution in [0, 0.1) is 0 Å². The van der Waals surface area contributed by atoms with Gasteiger partial charge >= 0.3 is 12.2 Å². The maximum absolute atomic E-state index is 14.0. The van der Waals surface area contributed by atoms with Crippen molar-refractivity contribution >= 4 is 47.0 Å². The molecule has 3 N–H and O–H groups in total. The summed E-state index contributed by atoms with van der Waals surface area (Å²) >= 11 is 6.26. The van der Waals surface area contributed by atoms with E-state index in [-0.39, 0.29) is 31.0 Å². The van der Waals surface area contributed by atoms with E-state index in [0.29, 0.717) is 40.1 Å². The molecule has 3 aromatic rings. The number of anilines is 2. The van der Waals surface area contributed by atoms with Crippen LogP contribution >= 0.6 is 11.6 Å². The van der Waals surface area contributed by atoms with E-state index in [1.54, 1.807) is 23.1 Å². The van der Waals surface area contributed by atoms with Gasteiger partial charge in [-0.05, 0) is 55.3 Å². The minimum Gasteiger partial charge on any atom is -0.465 e. The Kier molecular flexibility index (Phi) is 7.01. The number of carboxylic acid groups (broad SMARTS) is 1. The van der Waals surface area contributed by atoms with Crippen LogP contribution in [0.2, 0.25) is 5.02 Å². The number of halogens is 1. The Balaban J connectivity index is 1.24. The summed E-state index contributed by atoms with van der Waals surface area (Å²) in [4.78, 5) is 53.5. The molecule has 6 rings (SSSR count). The summed E-state index contributed by atoms with van der Waals surface area (Å²) in [5.74, 6) is -0.0638. The van der Waals surface area contributed by atoms with E-state index in [1.165, 1.54) is 31.3 Å². The lowest BCUT2D eigenvalue weighted by Crippen LogP contribution is -2.50. The molecular formula is C29H28ClN5O7. The highest BCUT2D eigenvalue weighted by atomic mass is 35.5. The first-order valence-electron chi connectivity index (χ1n) is 13.5. The molecule has 1 saturated heterocycles. The molecular weight excluding hydrogens is 566 g/mol. The van der Waals surface area contributed by atoms with Crippen LogP contribution in [0.15, 0.2) is 53.1 Å². The van der Waals surface area contributed by atoms with E-state index < -0.39 is 29.7 Å². The lowest BCUT2D eigenvalue weighted by molar-refractivity contribution is -0.133. The van der Waals surface area contributed by atoms with Gasteiger partial charge in [-0.1, -0.05) is 16.8 Å². The number of nitrogens with one attached hydrogen (secondary N) is 2. The number of carbonyl (C=O) groups excluding carboxylic acids is 3. The molecule has 3 heterocycles. The van der Waals surface area contributed by atoms with Crippen molar-refractivity contribution in [2.45, 2.75) is 43.2 Å². The van der Waals surface area contributed by atoms with Gasteiger partial charge in [-0.25, -0.2) is 9.59 Å². The molecule has 2 aliphatic heterocycles. The van der Waals surface area contributed by atoms with Gasteiger partial charge in [0.1, 0.15) is 11.8 Å². The molecule has 0 bridgehead atoms. The lowest BCUT2D eigenvalue weighted by Gasteiger charge is -2.35. The van der Waals surface area contributed by atoms with Gasteiger partial charge in [-0.15, -0.1) is 0 Å². The van der Waals surface area contributed by atoms with Gasteiger partial charge in [0.15, 0.2) is 5.60 Å². The third kappa shape index (κ3) is 5.37. The van der Waals surface area contributed by atoms with Gasteiger partial charge in [0, 0.05) is 60.3 Å². The first-order valence-corrected chi connectivity index (χ1v) is 13.9. The Morgan fingerprint density at radius 1 is 1.21 bits per heavy atom. The number of likely N-dealkylation sites (tertiary alicyclic amines) is 1. The number of carbonyl (C=O) groups is 4. The normalized spacial score (nSPS) is 20.0. The van der Waals surface area contributed by atoms with Crippen molar-refractivity contribution < 1.29 is 33.5 Å². The number of amides is 4. The highest BCUT2D eigenvalue weighted by Crippen LogP contribution is 2.44. The van der Waals surface area contributed by atoms with Crippen LogP contribution in [0.4, 0.5) is 21.0 Å². The number of aromatic nitrogens is 1. The standard InChI is InChI=1S/C29H28ClN5O7/c1-34(28(39)40)19-7-4-17(5-8-19)25(36)31-24(14-20-13-23(33-42-20)16-2-3-16)26(37)35-11-10-29(15-35)21-12-18(30)6-9-22(21)32-27(38)41-29/h4-9,12-13,16,24H,2-3,10-11,14-15H2,1H3,(H,31,36)(H,32,38)(H,39,40)/t24-,29-/m0/s1. The van der Waals surface area contributed by atoms with Crippen molar-refractivity contribution in [2.24, 2.45) is 0 Å². The summed E-state index contributed by atoms with van der Waals surface area (Å²) in [5.41, 5.74) is 1.64. The predicted octanol–water partition coefficient (Wildman–Crippen LogP) is 4.35. The quantitative estimate of drug-likeness (QED) is 0.365. The van der Waals surface area contributed by atoms with Crippen molar-refractivity contribution in [3.8, 4) is 0 Å². The Morgan fingerprint density at radius 2 is 1.98 bits per heavy atom. The summed E-state index contributed by atoms with van der Waals surface area (Å²) in [5, 5.41) is 19.3. The van der Waals surface area contributed by atoms with E-state index in [0.717, 1.165) is 23.4 Å². The average Bonchev–Trinajstić information content (AvgIpc) is 3.58. The fourth-order valence-electron chi connectivity index (χ4n) is 5.45. The Labute approximate surface area is 245 Å². The van der Waals surface area contributed by atoms with Gasteiger partial charge in [0.2, 0.25) is 5.91 Å². The van der Waals surface area contributed by atoms with Gasteiger partial charge in [0.25, 0.3) is 5.91 Å². The van der Waals surface area contributed by atoms with Crippen molar-refractivity contribution in [3.05, 3.63) is 76.1 Å². The first-order chi connectivity index (χ1) is 20.1. The van der Waals surface area contributed by atoms with Crippen molar-refractivity contribution in [1.82, 2.24) is 15.4 Å². The Morgan fingerprint density at radius 3 is 2.69 bits per heavy atom. The molecule has 0 radical (unpaired) electrons. The van der Waals surface area contributed by atoms with Gasteiger partial charge < -0.3 is 24.6 Å². The summed E-state index contributed by atoms with van der Waals surface area (Å²) in [6, 6.07) is 11.9. The molecule has 218 valence electrons. The maximum Gasteiger partial charge on any atom is 0.412 e. The molecule has 2 fully saturated rings. The maximum atomic E-state index is 14.0. The molecule has 1 aromatic heterocycles. The number of rotatable bonds is 7. The molecule has 42 heavy (non-hydrogen) atoms. The molecule has 0 unspecified atom stereocenters. The largest absolute Gasteiger partial charge is 0.465 e. The average molecular weight is 594 g/mol. The SMILES string of the molecule is CN(C(=O)O)c1ccc(C(=O)N[C@@H](Cc2cc(C3CC3)no2)C(=O)N2CC[C@@]3(C2)OC(=O)Nc2ccc(Cl)cc23)cc1. The molecule has 1 aliphatic carbocycles. The molecule has 2 aromatic carbocycles. The van der Waals surface area contributed by atoms with Gasteiger partial charge in [-0.3, -0.25) is 19.8 Å². The van der Waals surface area contributed by atoms with E-state index >= 15 is 0 Å². The minimum atomic E-state index is -1.14. The molecule has 1 saturated carbocycles. The monoisotopic (exact) mass is 593 g/mol. The molecule has 1 spiro atoms. The number of ether oxygens (including phenoxy) is 1. The molecule has 12 nitrogen and oxygen atoms in total. The fraction of sp³-hybridized carbons (Fsp3) is 0.345. The van der Waals surface area contributed by atoms with Crippen LogP contribution < -0.4 is 15.5 Å². The number of benzene rings is 2. The molecule has 3 aliphatic rings. The second kappa shape index (κ2) is 10.7. The zero-order valence-corrected chi connectivity index (χ0v) is 23.4. The van der Waals surface area contributed by atoms with Crippen LogP contribution in [-0.2, 0) is 21.6 Å². The van der Waals surface area contributed by atoms with E-state index in [9.17, 15) is 24.3 Å². The number of hydrogen-bond donors (Lipinski definition) is 3. The van der Waals surface area contributed by atoms with Crippen LogP contribution in [-0.4, -0.2) is 65.3 Å². The van der Waals surface area contributed by atoms with Crippen LogP contribution in [0.1, 0.15) is 52.6 Å². The van der Waals surface area contributed by atoms with Crippen LogP contribution in [0.3, 0.4) is 0 Å². The van der Waals surface area contributed by atoms with Crippen molar-refractivity contribution in [3.63, 3.8) is 0 Å². The topological polar surface area (TPSA) is 154 Å². The van der Waals surface area contributed by atoms with Gasteiger partial charge in [-0.2, -0.15) is 0 Å². The van der Waals surface area contributed by atoms with E-state index in [1.807, 2.05) is 6.07 Å². The lowest BCUT2D eigenvalue weighted by atomic mass is 9.90. The Hall–Kier alpha value is -4.58. The van der Waals surface area contributed by atoms with Crippen molar-refractivity contribution in [1.29, 1.82) is 0 Å². The highest BCUT2D eigenvalue weighted by molar-refractivity contribution is 6.30. The zero-order valence-electron chi connectivity index (χ0n) is 22.6. The predicted molar refractivity (Wildman–Crippen MR) is 151 cm³/mol. The summed E-state index contributed by atoms with van der Waals surface area (Å²) in [6.07, 6.45) is 0.739. The van der Waals surface area contributed by atoms with E-state index in [4.69, 9.17) is 20.9 Å². The first kappa shape index (κ1) is 27.6. The Bertz CT molecular complexity index is 1570. The van der Waals surface area contributed by atoms with E-state index in [2.05, 4.69) is 15.8 Å². The number of nitrogens with zero attached hydrogens (tertiary/aromatic N) is 3. The van der Waals surface area contributed by atoms with Crippen LogP contribution in [0.5, 0.6) is 0 Å². The number of hydrogen-bond acceptors (Lipinski definition) is 7. The fourth-order valence-corrected chi connectivity index (χ4v) is 5.62. The number of fused-ring (bicyclic) bond motifs is 2. The van der Waals surface area contributed by atoms with Gasteiger partial charge in [0.05, 0.1) is 17.9 Å². The highest BCUT2D eigenvalue weighted by Gasteiger charge is 2.49. The zero-order chi connectivity index (χ0) is 29.6. The molecule has 4 amide bonds. The van der Waals surface area contributed by atoms with Crippen molar-refractivity contribution in [2.75, 3.05) is 30.4 Å². The third-order valence-corrected chi connectivity index (χ3v) is 8.16.